The lowest BCUT2D eigenvalue weighted by Gasteiger charge is -2.26. The van der Waals surface area contributed by atoms with Crippen molar-refractivity contribution in [3.05, 3.63) is 46.7 Å². The fourth-order valence-corrected chi connectivity index (χ4v) is 3.15. The van der Waals surface area contributed by atoms with E-state index in [1.807, 2.05) is 0 Å². The van der Waals surface area contributed by atoms with Crippen LogP contribution < -0.4 is 11.1 Å². The Morgan fingerprint density at radius 1 is 1.30 bits per heavy atom. The number of nitrogen functional groups attached to an aromatic ring is 1. The van der Waals surface area contributed by atoms with Gasteiger partial charge in [-0.25, -0.2) is 4.98 Å². The van der Waals surface area contributed by atoms with E-state index >= 15 is 0 Å². The molecule has 30 heavy (non-hydrogen) atoms. The number of alkyl halides is 3. The molecule has 1 atom stereocenters. The number of likely N-dealkylation sites (N-methyl/N-ethyl adjacent to an activating group) is 1. The molecule has 0 aliphatic heterocycles. The number of benzene rings is 1. The number of fused-ring (bicyclic) bond motifs is 1. The molecule has 0 fully saturated rings. The van der Waals surface area contributed by atoms with Crippen molar-refractivity contribution in [3.63, 3.8) is 0 Å². The summed E-state index contributed by atoms with van der Waals surface area (Å²) in [5, 5.41) is 9.21. The molecule has 0 saturated carbocycles. The number of halogens is 4. The number of nitrogens with two attached hydrogens (primary N) is 1. The zero-order valence-electron chi connectivity index (χ0n) is 15.7. The van der Waals surface area contributed by atoms with Gasteiger partial charge < -0.3 is 16.0 Å². The fraction of sp³-hybridized carbons (Fsp3) is 0.222. The molecule has 0 unspecified atom stereocenters. The summed E-state index contributed by atoms with van der Waals surface area (Å²) in [6.45, 7) is 1.54. The van der Waals surface area contributed by atoms with Gasteiger partial charge in [0, 0.05) is 12.1 Å². The first-order chi connectivity index (χ1) is 14.0. The summed E-state index contributed by atoms with van der Waals surface area (Å²) in [6, 6.07) is 2.05. The number of hydrogen-bond donors (Lipinski definition) is 3. The summed E-state index contributed by atoms with van der Waals surface area (Å²) in [4.78, 5) is 30.0. The first kappa shape index (κ1) is 21.4. The van der Waals surface area contributed by atoms with Crippen LogP contribution in [0.4, 0.5) is 24.7 Å². The van der Waals surface area contributed by atoms with Crippen LogP contribution in [0.2, 0.25) is 5.02 Å². The average molecular weight is 441 g/mol. The largest absolute Gasteiger partial charge is 0.416 e. The molecule has 3 rings (SSSR count). The van der Waals surface area contributed by atoms with Crippen molar-refractivity contribution >= 4 is 45.8 Å². The molecule has 0 radical (unpaired) electrons. The molecule has 3 aromatic rings. The van der Waals surface area contributed by atoms with E-state index in [0.29, 0.717) is 10.9 Å². The van der Waals surface area contributed by atoms with E-state index in [0.717, 1.165) is 17.0 Å². The lowest BCUT2D eigenvalue weighted by molar-refractivity contribution is -0.143. The van der Waals surface area contributed by atoms with Gasteiger partial charge in [-0.2, -0.15) is 18.3 Å². The molecule has 0 aliphatic rings. The zero-order valence-corrected chi connectivity index (χ0v) is 16.5. The Hall–Kier alpha value is -3.34. The lowest BCUT2D eigenvalue weighted by atomic mass is 10.0. The first-order valence-corrected chi connectivity index (χ1v) is 8.90. The average Bonchev–Trinajstić information content (AvgIpc) is 3.18. The molecular weight excluding hydrogens is 425 g/mol. The minimum atomic E-state index is -4.54. The highest BCUT2D eigenvalue weighted by molar-refractivity contribution is 6.40. The van der Waals surface area contributed by atoms with Crippen molar-refractivity contribution < 1.29 is 22.8 Å². The van der Waals surface area contributed by atoms with Gasteiger partial charge >= 0.3 is 18.0 Å². The van der Waals surface area contributed by atoms with E-state index in [1.165, 1.54) is 32.4 Å². The standard InChI is InChI=1S/C18H16ClF3N6O2/c1-8(10-4-3-9(5-12(10)19)18(20,21)22)28(2)17(30)16(29)26-13-7-24-15(23)11-6-25-27-14(11)13/h3-8H,1-2H3,(H2,23,24)(H,25,27)(H,26,29)/t8-/m1/s1. The van der Waals surface area contributed by atoms with Gasteiger partial charge in [-0.1, -0.05) is 17.7 Å². The van der Waals surface area contributed by atoms with Gasteiger partial charge in [-0.05, 0) is 24.6 Å². The minimum absolute atomic E-state index is 0.167. The molecule has 2 heterocycles. The van der Waals surface area contributed by atoms with Gasteiger partial charge in [0.1, 0.15) is 5.82 Å². The second-order valence-corrected chi connectivity index (χ2v) is 6.90. The molecule has 0 saturated heterocycles. The van der Waals surface area contributed by atoms with Crippen LogP contribution in [0.3, 0.4) is 0 Å². The Morgan fingerprint density at radius 2 is 2.00 bits per heavy atom. The van der Waals surface area contributed by atoms with E-state index in [4.69, 9.17) is 17.3 Å². The third-order valence-electron chi connectivity index (χ3n) is 4.64. The molecule has 8 nitrogen and oxygen atoms in total. The molecule has 0 spiro atoms. The van der Waals surface area contributed by atoms with Crippen LogP contribution in [0, 0.1) is 0 Å². The van der Waals surface area contributed by atoms with Gasteiger partial charge in [-0.15, -0.1) is 0 Å². The maximum absolute atomic E-state index is 12.8. The van der Waals surface area contributed by atoms with Crippen molar-refractivity contribution in [1.82, 2.24) is 20.1 Å². The van der Waals surface area contributed by atoms with Crippen LogP contribution >= 0.6 is 11.6 Å². The molecule has 0 aliphatic carbocycles. The monoisotopic (exact) mass is 440 g/mol. The number of hydrogen-bond acceptors (Lipinski definition) is 5. The SMILES string of the molecule is C[C@H](c1ccc(C(F)(F)F)cc1Cl)N(C)C(=O)C(=O)Nc1cnc(N)c2cn[nH]c12. The third kappa shape index (κ3) is 4.01. The Kier molecular flexibility index (Phi) is 5.57. The van der Waals surface area contributed by atoms with E-state index in [1.54, 1.807) is 0 Å². The van der Waals surface area contributed by atoms with E-state index < -0.39 is 29.6 Å². The highest BCUT2D eigenvalue weighted by Crippen LogP contribution is 2.35. The molecule has 2 aromatic heterocycles. The topological polar surface area (TPSA) is 117 Å². The Labute approximate surface area is 173 Å². The van der Waals surface area contributed by atoms with Crippen molar-refractivity contribution in [3.8, 4) is 0 Å². The van der Waals surface area contributed by atoms with Gasteiger partial charge in [0.05, 0.1) is 40.6 Å². The zero-order chi connectivity index (χ0) is 22.2. The quantitative estimate of drug-likeness (QED) is 0.540. The van der Waals surface area contributed by atoms with Crippen LogP contribution in [0.1, 0.15) is 24.1 Å². The summed E-state index contributed by atoms with van der Waals surface area (Å²) < 4.78 is 38.5. The number of carbonyl (C=O) groups is 2. The molecule has 2 amide bonds. The number of aromatic amines is 1. The maximum Gasteiger partial charge on any atom is 0.416 e. The van der Waals surface area contributed by atoms with Gasteiger partial charge in [0.25, 0.3) is 0 Å². The lowest BCUT2D eigenvalue weighted by Crippen LogP contribution is -2.38. The Morgan fingerprint density at radius 3 is 2.63 bits per heavy atom. The number of H-pyrrole nitrogens is 1. The number of carbonyl (C=O) groups excluding carboxylic acids is 2. The van der Waals surface area contributed by atoms with Crippen molar-refractivity contribution in [2.24, 2.45) is 0 Å². The van der Waals surface area contributed by atoms with Crippen LogP contribution in [0.15, 0.2) is 30.6 Å². The molecule has 12 heteroatoms. The third-order valence-corrected chi connectivity index (χ3v) is 4.97. The van der Waals surface area contributed by atoms with E-state index in [-0.39, 0.29) is 22.1 Å². The summed E-state index contributed by atoms with van der Waals surface area (Å²) in [5.41, 5.74) is 5.67. The number of anilines is 2. The predicted molar refractivity (Wildman–Crippen MR) is 105 cm³/mol. The van der Waals surface area contributed by atoms with Crippen molar-refractivity contribution in [1.29, 1.82) is 0 Å². The Bertz CT molecular complexity index is 1130. The van der Waals surface area contributed by atoms with Crippen LogP contribution in [0.25, 0.3) is 10.9 Å². The highest BCUT2D eigenvalue weighted by Gasteiger charge is 2.32. The smallest absolute Gasteiger partial charge is 0.383 e. The van der Waals surface area contributed by atoms with E-state index in [9.17, 15) is 22.8 Å². The number of nitrogens with one attached hydrogen (secondary N) is 2. The fourth-order valence-electron chi connectivity index (χ4n) is 2.81. The highest BCUT2D eigenvalue weighted by atomic mass is 35.5. The molecular formula is C18H16ClF3N6O2. The number of aromatic nitrogens is 3. The van der Waals surface area contributed by atoms with Crippen LogP contribution in [-0.4, -0.2) is 38.9 Å². The van der Waals surface area contributed by atoms with E-state index in [2.05, 4.69) is 20.5 Å². The predicted octanol–water partition coefficient (Wildman–Crippen LogP) is 3.37. The van der Waals surface area contributed by atoms with Gasteiger partial charge in [-0.3, -0.25) is 14.7 Å². The first-order valence-electron chi connectivity index (χ1n) is 8.53. The number of rotatable bonds is 3. The second-order valence-electron chi connectivity index (χ2n) is 6.50. The van der Waals surface area contributed by atoms with Gasteiger partial charge in [0.15, 0.2) is 0 Å². The molecule has 0 bridgehead atoms. The summed E-state index contributed by atoms with van der Waals surface area (Å²) in [5.74, 6) is -1.71. The molecule has 1 aromatic carbocycles. The summed E-state index contributed by atoms with van der Waals surface area (Å²) in [7, 11) is 1.34. The van der Waals surface area contributed by atoms with Crippen molar-refractivity contribution in [2.75, 3.05) is 18.1 Å². The summed E-state index contributed by atoms with van der Waals surface area (Å²) in [6.07, 6.45) is -1.84. The van der Waals surface area contributed by atoms with Crippen LogP contribution in [-0.2, 0) is 15.8 Å². The normalized spacial score (nSPS) is 12.6. The maximum atomic E-state index is 12.8. The minimum Gasteiger partial charge on any atom is -0.383 e. The number of nitrogens with zero attached hydrogens (tertiary/aromatic N) is 3. The molecule has 4 N–H and O–H groups in total. The number of pyridine rings is 1. The number of amides is 2. The van der Waals surface area contributed by atoms with Crippen molar-refractivity contribution in [2.45, 2.75) is 19.1 Å². The molecule has 158 valence electrons. The Balaban J connectivity index is 1.78. The van der Waals surface area contributed by atoms with Gasteiger partial charge in [0.2, 0.25) is 0 Å². The van der Waals surface area contributed by atoms with Crippen LogP contribution in [0.5, 0.6) is 0 Å². The summed E-state index contributed by atoms with van der Waals surface area (Å²) >= 11 is 5.99. The second kappa shape index (κ2) is 7.82.